The van der Waals surface area contributed by atoms with E-state index < -0.39 is 10.0 Å². The van der Waals surface area contributed by atoms with Gasteiger partial charge in [0.1, 0.15) is 15.9 Å². The van der Waals surface area contributed by atoms with Gasteiger partial charge in [-0.3, -0.25) is 4.79 Å². The average Bonchev–Trinajstić information content (AvgIpc) is 3.39. The summed E-state index contributed by atoms with van der Waals surface area (Å²) in [7, 11) is -3.72. The summed E-state index contributed by atoms with van der Waals surface area (Å²) in [6.07, 6.45) is 2.14. The molecule has 1 amide bonds. The Hall–Kier alpha value is -1.88. The number of amides is 1. The van der Waals surface area contributed by atoms with Gasteiger partial charge in [0.15, 0.2) is 0 Å². The molecule has 1 saturated heterocycles. The van der Waals surface area contributed by atoms with E-state index in [-0.39, 0.29) is 23.3 Å². The van der Waals surface area contributed by atoms with Crippen LogP contribution in [-0.4, -0.2) is 47.0 Å². The lowest BCUT2D eigenvalue weighted by Crippen LogP contribution is -2.45. The van der Waals surface area contributed by atoms with Crippen molar-refractivity contribution in [3.8, 4) is 0 Å². The summed E-state index contributed by atoms with van der Waals surface area (Å²) in [5.41, 5.74) is 0.973. The van der Waals surface area contributed by atoms with Gasteiger partial charge in [-0.15, -0.1) is 11.3 Å². The first kappa shape index (κ1) is 19.4. The summed E-state index contributed by atoms with van der Waals surface area (Å²) < 4.78 is 36.0. The summed E-state index contributed by atoms with van der Waals surface area (Å²) in [6.45, 7) is 1.17. The minimum Gasteiger partial charge on any atom is -0.355 e. The fourth-order valence-corrected chi connectivity index (χ4v) is 6.40. The molecule has 3 heterocycles. The quantitative estimate of drug-likeness (QED) is 0.641. The number of nitrogens with one attached hydrogen (secondary N) is 1. The van der Waals surface area contributed by atoms with Crippen molar-refractivity contribution in [1.82, 2.24) is 18.4 Å². The first-order valence-electron chi connectivity index (χ1n) is 9.07. The van der Waals surface area contributed by atoms with E-state index in [0.29, 0.717) is 37.0 Å². The van der Waals surface area contributed by atoms with Crippen LogP contribution in [0.1, 0.15) is 17.7 Å². The third-order valence-electron chi connectivity index (χ3n) is 4.87. The van der Waals surface area contributed by atoms with Crippen LogP contribution in [0.15, 0.2) is 40.6 Å². The van der Waals surface area contributed by atoms with Crippen molar-refractivity contribution in [1.29, 1.82) is 0 Å². The van der Waals surface area contributed by atoms with E-state index in [1.807, 2.05) is 17.5 Å². The van der Waals surface area contributed by atoms with Crippen LogP contribution in [-0.2, 0) is 21.2 Å². The molecule has 1 N–H and O–H groups in total. The van der Waals surface area contributed by atoms with E-state index >= 15 is 0 Å². The molecule has 4 rings (SSSR count). The third-order valence-corrected chi connectivity index (χ3v) is 8.25. The average molecular weight is 437 g/mol. The molecule has 1 aliphatic rings. The molecule has 148 valence electrons. The number of thiophene rings is 1. The van der Waals surface area contributed by atoms with Crippen LogP contribution in [0.2, 0.25) is 0 Å². The molecule has 3 aromatic rings. The second-order valence-electron chi connectivity index (χ2n) is 6.71. The fraction of sp³-hybridized carbons (Fsp3) is 0.389. The number of nitrogens with zero attached hydrogens (tertiary/aromatic N) is 3. The number of hydrogen-bond donors (Lipinski definition) is 1. The number of benzene rings is 1. The molecule has 1 fully saturated rings. The maximum Gasteiger partial charge on any atom is 0.245 e. The molecule has 0 aliphatic carbocycles. The Morgan fingerprint density at radius 2 is 2.14 bits per heavy atom. The molecule has 7 nitrogen and oxygen atoms in total. The van der Waals surface area contributed by atoms with Gasteiger partial charge in [-0.25, -0.2) is 8.42 Å². The summed E-state index contributed by atoms with van der Waals surface area (Å²) in [4.78, 5) is 13.9. The molecule has 10 heteroatoms. The van der Waals surface area contributed by atoms with Gasteiger partial charge in [0.05, 0.1) is 17.6 Å². The highest BCUT2D eigenvalue weighted by atomic mass is 32.2. The Kier molecular flexibility index (Phi) is 5.72. The number of hydrogen-bond acceptors (Lipinski definition) is 7. The van der Waals surface area contributed by atoms with E-state index in [1.54, 1.807) is 29.5 Å². The highest BCUT2D eigenvalue weighted by molar-refractivity contribution is 7.89. The van der Waals surface area contributed by atoms with Crippen LogP contribution < -0.4 is 5.32 Å². The summed E-state index contributed by atoms with van der Waals surface area (Å²) in [5, 5.41) is 4.97. The number of carbonyl (C=O) groups is 1. The highest BCUT2D eigenvalue weighted by Crippen LogP contribution is 2.28. The van der Waals surface area contributed by atoms with Crippen molar-refractivity contribution in [2.45, 2.75) is 24.2 Å². The zero-order chi connectivity index (χ0) is 19.6. The predicted molar refractivity (Wildman–Crippen MR) is 110 cm³/mol. The lowest BCUT2D eigenvalue weighted by atomic mass is 9.99. The molecular weight excluding hydrogens is 416 g/mol. The monoisotopic (exact) mass is 436 g/mol. The minimum atomic E-state index is -3.72. The molecule has 0 spiro atoms. The van der Waals surface area contributed by atoms with Gasteiger partial charge in [-0.2, -0.15) is 13.1 Å². The molecule has 1 aromatic carbocycles. The lowest BCUT2D eigenvalue weighted by Gasteiger charge is -2.31. The standard InChI is InChI=1S/C18H20N4O3S3/c23-18(19-9-8-14-5-3-11-26-14)13-4-2-10-22(12-13)28(24,25)16-7-1-6-15-17(16)21-27-20-15/h1,3,5-7,11,13H,2,4,8-10,12H2,(H,19,23)/t13-/m1/s1. The Balaban J connectivity index is 1.44. The van der Waals surface area contributed by atoms with Crippen molar-refractivity contribution < 1.29 is 13.2 Å². The molecule has 0 bridgehead atoms. The first-order valence-corrected chi connectivity index (χ1v) is 12.1. The van der Waals surface area contributed by atoms with Crippen molar-refractivity contribution in [2.24, 2.45) is 5.92 Å². The number of sulfonamides is 1. The molecule has 28 heavy (non-hydrogen) atoms. The highest BCUT2D eigenvalue weighted by Gasteiger charge is 2.34. The lowest BCUT2D eigenvalue weighted by molar-refractivity contribution is -0.126. The predicted octanol–water partition coefficient (Wildman–Crippen LogP) is 2.51. The smallest absolute Gasteiger partial charge is 0.245 e. The molecule has 2 aromatic heterocycles. The van der Waals surface area contributed by atoms with Crippen molar-refractivity contribution >= 4 is 50.0 Å². The van der Waals surface area contributed by atoms with Crippen molar-refractivity contribution in [3.63, 3.8) is 0 Å². The summed E-state index contributed by atoms with van der Waals surface area (Å²) in [6, 6.07) is 9.01. The molecule has 0 radical (unpaired) electrons. The first-order chi connectivity index (χ1) is 13.6. The Morgan fingerprint density at radius 1 is 1.25 bits per heavy atom. The molecule has 1 atom stereocenters. The van der Waals surface area contributed by atoms with Gasteiger partial charge in [0.25, 0.3) is 0 Å². The van der Waals surface area contributed by atoms with Crippen LogP contribution in [0.5, 0.6) is 0 Å². The number of carbonyl (C=O) groups excluding carboxylic acids is 1. The number of aromatic nitrogens is 2. The Bertz CT molecular complexity index is 1060. The molecular formula is C18H20N4O3S3. The topological polar surface area (TPSA) is 92.3 Å². The maximum atomic E-state index is 13.2. The minimum absolute atomic E-state index is 0.0787. The summed E-state index contributed by atoms with van der Waals surface area (Å²) in [5.74, 6) is -0.412. The Morgan fingerprint density at radius 3 is 2.96 bits per heavy atom. The number of fused-ring (bicyclic) bond motifs is 1. The van der Waals surface area contributed by atoms with Crippen molar-refractivity contribution in [2.75, 3.05) is 19.6 Å². The van der Waals surface area contributed by atoms with Crippen LogP contribution in [0.4, 0.5) is 0 Å². The van der Waals surface area contributed by atoms with Gasteiger partial charge < -0.3 is 5.32 Å². The normalized spacial score (nSPS) is 18.4. The molecule has 0 saturated carbocycles. The largest absolute Gasteiger partial charge is 0.355 e. The fourth-order valence-electron chi connectivity index (χ4n) is 3.41. The second-order valence-corrected chi connectivity index (χ2v) is 10.2. The Labute approximate surface area is 171 Å². The van der Waals surface area contributed by atoms with E-state index in [4.69, 9.17) is 0 Å². The van der Waals surface area contributed by atoms with Crippen molar-refractivity contribution in [3.05, 3.63) is 40.6 Å². The number of rotatable bonds is 6. The van der Waals surface area contributed by atoms with Crippen LogP contribution in [0, 0.1) is 5.92 Å². The zero-order valence-electron chi connectivity index (χ0n) is 15.1. The van der Waals surface area contributed by atoms with Gasteiger partial charge in [-0.1, -0.05) is 12.1 Å². The van der Waals surface area contributed by atoms with Crippen LogP contribution in [0.25, 0.3) is 11.0 Å². The van der Waals surface area contributed by atoms with E-state index in [1.165, 1.54) is 9.18 Å². The van der Waals surface area contributed by atoms with Gasteiger partial charge in [0.2, 0.25) is 15.9 Å². The van der Waals surface area contributed by atoms with Crippen LogP contribution >= 0.6 is 23.1 Å². The second kappa shape index (κ2) is 8.24. The maximum absolute atomic E-state index is 13.2. The van der Waals surface area contributed by atoms with Crippen LogP contribution in [0.3, 0.4) is 0 Å². The van der Waals surface area contributed by atoms with E-state index in [9.17, 15) is 13.2 Å². The van der Waals surface area contributed by atoms with Gasteiger partial charge in [-0.05, 0) is 42.8 Å². The van der Waals surface area contributed by atoms with E-state index in [0.717, 1.165) is 18.1 Å². The SMILES string of the molecule is O=C(NCCc1cccs1)[C@@H]1CCCN(S(=O)(=O)c2cccc3nsnc23)C1. The molecule has 1 aliphatic heterocycles. The summed E-state index contributed by atoms with van der Waals surface area (Å²) >= 11 is 2.66. The number of piperidine rings is 1. The third kappa shape index (κ3) is 3.95. The zero-order valence-corrected chi connectivity index (χ0v) is 17.5. The van der Waals surface area contributed by atoms with Gasteiger partial charge in [0, 0.05) is 24.5 Å². The molecule has 0 unspecified atom stereocenters. The van der Waals surface area contributed by atoms with Gasteiger partial charge >= 0.3 is 0 Å². The van der Waals surface area contributed by atoms with E-state index in [2.05, 4.69) is 14.1 Å².